The molecule has 19 heavy (non-hydrogen) atoms. The Hall–Kier alpha value is -1.89. The summed E-state index contributed by atoms with van der Waals surface area (Å²) >= 11 is 0. The number of hydrogen-bond acceptors (Lipinski definition) is 4. The molecule has 1 fully saturated rings. The van der Waals surface area contributed by atoms with E-state index in [4.69, 9.17) is 11.7 Å². The summed E-state index contributed by atoms with van der Waals surface area (Å²) in [6, 6.07) is 4.68. The predicted molar refractivity (Wildman–Crippen MR) is 69.3 cm³/mol. The zero-order valence-electron chi connectivity index (χ0n) is 10.3. The van der Waals surface area contributed by atoms with Crippen molar-refractivity contribution >= 4 is 10.0 Å². The molecule has 0 aliphatic heterocycles. The molecule has 0 radical (unpaired) electrons. The van der Waals surface area contributed by atoms with E-state index in [9.17, 15) is 8.42 Å². The predicted octanol–water partition coefficient (Wildman–Crippen LogP) is 0.987. The molecule has 0 saturated heterocycles. The molecule has 2 rings (SSSR count). The molecule has 0 aromatic carbocycles. The average Bonchev–Trinajstić information content (AvgIpc) is 3.22. The van der Waals surface area contributed by atoms with Crippen LogP contribution in [0.3, 0.4) is 0 Å². The highest BCUT2D eigenvalue weighted by Gasteiger charge is 2.32. The van der Waals surface area contributed by atoms with Crippen LogP contribution in [-0.4, -0.2) is 30.8 Å². The summed E-state index contributed by atoms with van der Waals surface area (Å²) in [5.74, 6) is 2.74. The Kier molecular flexibility index (Phi) is 3.84. The van der Waals surface area contributed by atoms with Crippen LogP contribution in [0.5, 0.6) is 0 Å². The summed E-state index contributed by atoms with van der Waals surface area (Å²) in [4.78, 5) is 3.71. The molecule has 0 amide bonds. The van der Waals surface area contributed by atoms with Crippen molar-refractivity contribution in [1.29, 1.82) is 5.26 Å². The highest BCUT2D eigenvalue weighted by atomic mass is 32.2. The molecule has 0 atom stereocenters. The zero-order valence-corrected chi connectivity index (χ0v) is 11.1. The van der Waals surface area contributed by atoms with Crippen molar-refractivity contribution in [3.63, 3.8) is 0 Å². The van der Waals surface area contributed by atoms with E-state index in [-0.39, 0.29) is 17.1 Å². The van der Waals surface area contributed by atoms with E-state index in [1.54, 1.807) is 6.07 Å². The average molecular weight is 275 g/mol. The monoisotopic (exact) mass is 275 g/mol. The van der Waals surface area contributed by atoms with Gasteiger partial charge in [0.05, 0.1) is 6.54 Å². The first kappa shape index (κ1) is 13.5. The molecule has 1 heterocycles. The summed E-state index contributed by atoms with van der Waals surface area (Å²) in [7, 11) is -3.76. The fourth-order valence-electron chi connectivity index (χ4n) is 1.76. The number of nitrogens with zero attached hydrogens (tertiary/aromatic N) is 3. The Bertz CT molecular complexity index is 651. The maximum Gasteiger partial charge on any atom is 0.246 e. The van der Waals surface area contributed by atoms with Crippen LogP contribution in [0.1, 0.15) is 18.5 Å². The van der Waals surface area contributed by atoms with Crippen molar-refractivity contribution < 1.29 is 8.42 Å². The molecular weight excluding hydrogens is 262 g/mol. The molecule has 0 spiro atoms. The molecule has 0 N–H and O–H groups in total. The Morgan fingerprint density at radius 1 is 1.53 bits per heavy atom. The van der Waals surface area contributed by atoms with Gasteiger partial charge in [0.25, 0.3) is 0 Å². The van der Waals surface area contributed by atoms with Gasteiger partial charge in [0.15, 0.2) is 5.69 Å². The number of aromatic nitrogens is 1. The molecule has 6 heteroatoms. The molecule has 5 nitrogen and oxygen atoms in total. The number of sulfonamides is 1. The third-order valence-electron chi connectivity index (χ3n) is 2.92. The van der Waals surface area contributed by atoms with Crippen LogP contribution >= 0.6 is 0 Å². The van der Waals surface area contributed by atoms with Crippen molar-refractivity contribution in [3.05, 3.63) is 24.0 Å². The van der Waals surface area contributed by atoms with Crippen LogP contribution in [-0.2, 0) is 10.0 Å². The normalized spacial score (nSPS) is 14.9. The highest BCUT2D eigenvalue weighted by Crippen LogP contribution is 2.31. The van der Waals surface area contributed by atoms with E-state index in [2.05, 4.69) is 10.9 Å². The lowest BCUT2D eigenvalue weighted by atomic mass is 10.4. The van der Waals surface area contributed by atoms with Crippen LogP contribution in [0.15, 0.2) is 23.2 Å². The molecular formula is C13H13N3O2S. The largest absolute Gasteiger partial charge is 0.246 e. The van der Waals surface area contributed by atoms with E-state index in [1.165, 1.54) is 22.6 Å². The minimum atomic E-state index is -3.76. The van der Waals surface area contributed by atoms with Gasteiger partial charge in [-0.3, -0.25) is 0 Å². The van der Waals surface area contributed by atoms with Crippen molar-refractivity contribution in [3.8, 4) is 18.4 Å². The van der Waals surface area contributed by atoms with Crippen LogP contribution in [0.4, 0.5) is 0 Å². The first-order valence-corrected chi connectivity index (χ1v) is 7.32. The molecule has 1 aromatic heterocycles. The second-order valence-corrected chi connectivity index (χ2v) is 6.31. The molecule has 1 aromatic rings. The van der Waals surface area contributed by atoms with E-state index in [1.807, 2.05) is 0 Å². The van der Waals surface area contributed by atoms with E-state index in [0.717, 1.165) is 12.8 Å². The summed E-state index contributed by atoms with van der Waals surface area (Å²) in [5.41, 5.74) is -0.0969. The first-order chi connectivity index (χ1) is 9.09. The molecule has 98 valence electrons. The Balaban J connectivity index is 2.38. The number of hydrogen-bond donors (Lipinski definition) is 0. The smallest absolute Gasteiger partial charge is 0.244 e. The van der Waals surface area contributed by atoms with Gasteiger partial charge in [0.1, 0.15) is 11.0 Å². The van der Waals surface area contributed by atoms with Crippen LogP contribution in [0, 0.1) is 29.6 Å². The minimum absolute atomic E-state index is 0.0125. The number of pyridine rings is 1. The zero-order chi connectivity index (χ0) is 13.9. The van der Waals surface area contributed by atoms with Gasteiger partial charge in [-0.15, -0.1) is 6.42 Å². The summed E-state index contributed by atoms with van der Waals surface area (Å²) in [5, 5.41) is 8.95. The Labute approximate surface area is 112 Å². The van der Waals surface area contributed by atoms with Crippen molar-refractivity contribution in [2.24, 2.45) is 5.92 Å². The number of terminal acetylenes is 1. The van der Waals surface area contributed by atoms with Crippen LogP contribution < -0.4 is 0 Å². The molecule has 0 bridgehead atoms. The van der Waals surface area contributed by atoms with Crippen molar-refractivity contribution in [2.75, 3.05) is 13.1 Å². The highest BCUT2D eigenvalue weighted by molar-refractivity contribution is 7.89. The van der Waals surface area contributed by atoms with Gasteiger partial charge in [-0.1, -0.05) is 5.92 Å². The fourth-order valence-corrected chi connectivity index (χ4v) is 3.28. The molecule has 1 aliphatic carbocycles. The second kappa shape index (κ2) is 5.40. The first-order valence-electron chi connectivity index (χ1n) is 5.88. The van der Waals surface area contributed by atoms with Crippen molar-refractivity contribution in [1.82, 2.24) is 9.29 Å². The third kappa shape index (κ3) is 2.93. The Morgan fingerprint density at radius 3 is 2.84 bits per heavy atom. The SMILES string of the molecule is C#CCN(CC1CC1)S(=O)(=O)c1cccnc1C#N. The lowest BCUT2D eigenvalue weighted by molar-refractivity contribution is 0.429. The van der Waals surface area contributed by atoms with Gasteiger partial charge in [-0.05, 0) is 30.9 Å². The van der Waals surface area contributed by atoms with Gasteiger partial charge < -0.3 is 0 Å². The molecule has 1 aliphatic rings. The van der Waals surface area contributed by atoms with Crippen molar-refractivity contribution in [2.45, 2.75) is 17.7 Å². The maximum absolute atomic E-state index is 12.5. The number of rotatable bonds is 5. The maximum atomic E-state index is 12.5. The van der Waals surface area contributed by atoms with Gasteiger partial charge in [0, 0.05) is 12.7 Å². The lowest BCUT2D eigenvalue weighted by Gasteiger charge is -2.19. The van der Waals surface area contributed by atoms with Crippen LogP contribution in [0.25, 0.3) is 0 Å². The quantitative estimate of drug-likeness (QED) is 0.751. The summed E-state index contributed by atoms with van der Waals surface area (Å²) in [6.45, 7) is 0.422. The molecule has 0 unspecified atom stereocenters. The third-order valence-corrected chi connectivity index (χ3v) is 4.76. The van der Waals surface area contributed by atoms with Gasteiger partial charge in [-0.2, -0.15) is 9.57 Å². The van der Waals surface area contributed by atoms with Gasteiger partial charge in [0.2, 0.25) is 10.0 Å². The topological polar surface area (TPSA) is 74.1 Å². The summed E-state index contributed by atoms with van der Waals surface area (Å²) < 4.78 is 26.3. The van der Waals surface area contributed by atoms with Gasteiger partial charge in [-0.25, -0.2) is 13.4 Å². The lowest BCUT2D eigenvalue weighted by Crippen LogP contribution is -2.34. The standard InChI is InChI=1S/C13H13N3O2S/c1-2-8-16(10-11-5-6-11)19(17,18)13-4-3-7-15-12(13)9-14/h1,3-4,7,11H,5-6,8,10H2. The molecule has 1 saturated carbocycles. The Morgan fingerprint density at radius 2 is 2.26 bits per heavy atom. The fraction of sp³-hybridized carbons (Fsp3) is 0.385. The minimum Gasteiger partial charge on any atom is -0.244 e. The van der Waals surface area contributed by atoms with Gasteiger partial charge >= 0.3 is 0 Å². The number of nitriles is 1. The summed E-state index contributed by atoms with van der Waals surface area (Å²) in [6.07, 6.45) is 8.67. The van der Waals surface area contributed by atoms with Crippen LogP contribution in [0.2, 0.25) is 0 Å². The van der Waals surface area contributed by atoms with E-state index >= 15 is 0 Å². The van der Waals surface area contributed by atoms with E-state index in [0.29, 0.717) is 12.5 Å². The second-order valence-electron chi connectivity index (χ2n) is 4.41. The van der Waals surface area contributed by atoms with E-state index < -0.39 is 10.0 Å².